The van der Waals surface area contributed by atoms with E-state index in [1.54, 1.807) is 40.3 Å². The van der Waals surface area contributed by atoms with Gasteiger partial charge in [0.2, 0.25) is 23.8 Å². The van der Waals surface area contributed by atoms with E-state index in [0.717, 1.165) is 148 Å². The molecule has 0 radical (unpaired) electrons. The van der Waals surface area contributed by atoms with Gasteiger partial charge in [0.1, 0.15) is 41.0 Å². The third-order valence-corrected chi connectivity index (χ3v) is 23.5. The summed E-state index contributed by atoms with van der Waals surface area (Å²) in [7, 11) is 2.16. The molecular formula is C89H110F3N25O4. The number of nitriles is 3. The SMILES string of the molecule is CN1CCN(c2ccccc2CNc2ncc(C#N)c(NC3CCC(O)CC3)n2)CC1.Cc1cnnn1-c1ccccc1CNc1ncc(C#N)c(C[C@H]2CC[C@@H](O)C(C)(C)C2)n1.Cc1cnnn1-c1ccccc1CNc1ncc(C(F)(F)F)c(C[C@H]2CC[C@H](O)C(C)(C)C2)n1.N#Cc1cnc(NCc2ccccc2)nc1NC1CCC(O)CC1. The fourth-order valence-electron chi connectivity index (χ4n) is 16.3. The monoisotopic (exact) mass is 1650 g/mol. The Balaban J connectivity index is 0.000000149. The highest BCUT2D eigenvalue weighted by Gasteiger charge is 2.40. The first-order valence-electron chi connectivity index (χ1n) is 41.7. The number of aliphatic hydroxyl groups is 4. The quantitative estimate of drug-likeness (QED) is 0.0284. The number of aliphatic hydroxyl groups excluding tert-OH is 4. The van der Waals surface area contributed by atoms with E-state index in [1.807, 2.05) is 107 Å². The van der Waals surface area contributed by atoms with Crippen molar-refractivity contribution in [3.63, 3.8) is 0 Å². The molecule has 636 valence electrons. The highest BCUT2D eigenvalue weighted by atomic mass is 19.4. The Morgan fingerprint density at radius 2 is 0.835 bits per heavy atom. The van der Waals surface area contributed by atoms with Crippen molar-refractivity contribution < 1.29 is 33.6 Å². The van der Waals surface area contributed by atoms with Crippen molar-refractivity contribution in [1.82, 2.24) is 74.8 Å². The van der Waals surface area contributed by atoms with Crippen LogP contribution in [0.5, 0.6) is 0 Å². The minimum atomic E-state index is -4.53. The van der Waals surface area contributed by atoms with Crippen molar-refractivity contribution in [2.24, 2.45) is 22.7 Å². The van der Waals surface area contributed by atoms with Gasteiger partial charge in [-0.15, -0.1) is 10.2 Å². The van der Waals surface area contributed by atoms with Crippen LogP contribution in [0, 0.1) is 70.5 Å². The molecule has 29 nitrogen and oxygen atoms in total. The minimum Gasteiger partial charge on any atom is -0.393 e. The largest absolute Gasteiger partial charge is 0.419 e. The van der Waals surface area contributed by atoms with Gasteiger partial charge >= 0.3 is 6.18 Å². The maximum absolute atomic E-state index is 13.7. The van der Waals surface area contributed by atoms with Crippen LogP contribution >= 0.6 is 0 Å². The normalized spacial score (nSPS) is 20.6. The predicted octanol–water partition coefficient (Wildman–Crippen LogP) is 13.4. The Labute approximate surface area is 704 Å². The van der Waals surface area contributed by atoms with Crippen LogP contribution in [0.2, 0.25) is 0 Å². The number of benzene rings is 4. The number of hydrogen-bond donors (Lipinski definition) is 10. The van der Waals surface area contributed by atoms with Gasteiger partial charge in [-0.1, -0.05) is 123 Å². The van der Waals surface area contributed by atoms with Crippen LogP contribution in [0.1, 0.15) is 185 Å². The van der Waals surface area contributed by atoms with E-state index >= 15 is 0 Å². The average molecular weight is 1650 g/mol. The molecule has 5 fully saturated rings. The number of nitrogens with one attached hydrogen (secondary N) is 6. The van der Waals surface area contributed by atoms with Crippen molar-refractivity contribution >= 4 is 41.1 Å². The van der Waals surface area contributed by atoms with Gasteiger partial charge in [-0.2, -0.15) is 38.9 Å². The third kappa shape index (κ3) is 24.5. The molecule has 4 aliphatic carbocycles. The second-order valence-corrected chi connectivity index (χ2v) is 33.5. The summed E-state index contributed by atoms with van der Waals surface area (Å²) < 4.78 is 44.6. The Bertz CT molecular complexity index is 5160. The van der Waals surface area contributed by atoms with Crippen molar-refractivity contribution in [2.75, 3.05) is 70.0 Å². The molecule has 6 aromatic heterocycles. The molecule has 0 bridgehead atoms. The van der Waals surface area contributed by atoms with E-state index < -0.39 is 17.8 Å². The number of likely N-dealkylation sites (N-methyl/N-ethyl adjacent to an activating group) is 1. The first-order chi connectivity index (χ1) is 58.3. The first kappa shape index (κ1) is 88.4. The molecule has 0 amide bonds. The summed E-state index contributed by atoms with van der Waals surface area (Å²) in [6, 6.07) is 41.0. The lowest BCUT2D eigenvalue weighted by molar-refractivity contribution is -0.138. The highest BCUT2D eigenvalue weighted by Crippen LogP contribution is 2.43. The molecule has 4 saturated carbocycles. The lowest BCUT2D eigenvalue weighted by atomic mass is 9.69. The summed E-state index contributed by atoms with van der Waals surface area (Å²) in [6.45, 7) is 18.2. The lowest BCUT2D eigenvalue weighted by Gasteiger charge is -2.39. The van der Waals surface area contributed by atoms with Crippen LogP contribution < -0.4 is 36.8 Å². The van der Waals surface area contributed by atoms with Gasteiger partial charge in [0.25, 0.3) is 0 Å². The smallest absolute Gasteiger partial charge is 0.393 e. The molecule has 4 aromatic carbocycles. The maximum atomic E-state index is 13.7. The average Bonchev–Trinajstić information content (AvgIpc) is 1.80. The van der Waals surface area contributed by atoms with E-state index in [9.17, 15) is 49.4 Å². The predicted molar refractivity (Wildman–Crippen MR) is 457 cm³/mol. The molecule has 1 saturated heterocycles. The Morgan fingerprint density at radius 3 is 1.26 bits per heavy atom. The molecule has 1 aliphatic heterocycles. The maximum Gasteiger partial charge on any atom is 0.419 e. The van der Waals surface area contributed by atoms with Gasteiger partial charge in [0.05, 0.1) is 101 Å². The van der Waals surface area contributed by atoms with E-state index in [4.69, 9.17) is 0 Å². The zero-order chi connectivity index (χ0) is 85.6. The van der Waals surface area contributed by atoms with E-state index in [-0.39, 0.29) is 65.2 Å². The van der Waals surface area contributed by atoms with Crippen LogP contribution in [0.15, 0.2) is 140 Å². The summed E-state index contributed by atoms with van der Waals surface area (Å²) in [5, 5.41) is 104. The summed E-state index contributed by atoms with van der Waals surface area (Å²) in [5.41, 5.74) is 9.98. The van der Waals surface area contributed by atoms with Crippen LogP contribution in [-0.2, 0) is 45.2 Å². The van der Waals surface area contributed by atoms with Crippen LogP contribution in [0.4, 0.5) is 54.3 Å². The van der Waals surface area contributed by atoms with Gasteiger partial charge < -0.3 is 62.1 Å². The minimum absolute atomic E-state index is 0.0115. The van der Waals surface area contributed by atoms with Crippen LogP contribution in [0.25, 0.3) is 11.4 Å². The number of nitrogens with zero attached hydrogens (tertiary/aromatic N) is 19. The summed E-state index contributed by atoms with van der Waals surface area (Å²) in [4.78, 5) is 39.6. The second kappa shape index (κ2) is 41.4. The standard InChI is InChI=1S/C24H29F3N6O.C24H29N7O.C23H31N7O.C18H21N5O/c1-15-12-30-32-33(15)20-7-5-4-6-17(20)13-28-22-29-14-18(24(25,26)27)19(31-22)10-16-8-9-21(34)23(2,3)11-16;1-16-13-28-30-31(16)21-7-5-4-6-18(21)14-26-23-27-15-19(12-25)20(29-23)10-17-8-9-22(32)24(2,3)11-17;1-29-10-12-30(13-11-29)21-5-3-2-4-17(21)15-25-23-26-16-18(14-24)22(28-23)27-19-6-8-20(31)9-7-19;19-10-14-12-21-18(20-11-13-4-2-1-3-5-13)23-17(14)22-15-6-8-16(24)9-7-15/h4-7,12,14,16,21,34H,8-11,13H2,1-3H3,(H,28,29,31);4-7,13,15,17,22,32H,8-11,14H2,1-3H3,(H,26,27,29);2-5,16,19-20,31H,6-13,15H2,1H3,(H2,25,26,27,28);1-5,12,15-16,24H,6-9,11H2,(H2,20,21,22,23)/t16-,21+;17-,22-;;/m11../s1. The summed E-state index contributed by atoms with van der Waals surface area (Å²) in [6.07, 6.45) is 15.3. The van der Waals surface area contributed by atoms with Crippen molar-refractivity contribution in [3.8, 4) is 29.6 Å². The number of rotatable bonds is 23. The molecule has 0 spiro atoms. The van der Waals surface area contributed by atoms with E-state index in [1.165, 1.54) is 11.3 Å². The van der Waals surface area contributed by atoms with Gasteiger partial charge in [0, 0.05) is 76.3 Å². The van der Waals surface area contributed by atoms with Gasteiger partial charge in [-0.25, -0.2) is 39.3 Å². The molecule has 5 aliphatic rings. The molecule has 7 heterocycles. The zero-order valence-corrected chi connectivity index (χ0v) is 69.8. The first-order valence-corrected chi connectivity index (χ1v) is 41.7. The fourth-order valence-corrected chi connectivity index (χ4v) is 16.3. The Kier molecular flexibility index (Phi) is 30.3. The van der Waals surface area contributed by atoms with Gasteiger partial charge in [-0.3, -0.25) is 0 Å². The Hall–Kier alpha value is -11.9. The molecule has 15 rings (SSSR count). The topological polar surface area (TPSA) is 395 Å². The van der Waals surface area contributed by atoms with E-state index in [0.29, 0.717) is 104 Å². The van der Waals surface area contributed by atoms with Crippen molar-refractivity contribution in [2.45, 2.75) is 213 Å². The molecular weight excluding hydrogens is 1540 g/mol. The highest BCUT2D eigenvalue weighted by molar-refractivity contribution is 5.58. The zero-order valence-electron chi connectivity index (χ0n) is 69.8. The van der Waals surface area contributed by atoms with Gasteiger partial charge in [0.15, 0.2) is 0 Å². The molecule has 121 heavy (non-hydrogen) atoms. The van der Waals surface area contributed by atoms with Crippen LogP contribution in [-0.4, -0.2) is 165 Å². The molecule has 0 unspecified atom stereocenters. The molecule has 10 N–H and O–H groups in total. The molecule has 10 aromatic rings. The number of halogens is 3. The number of aromatic nitrogens is 14. The number of aryl methyl sites for hydroxylation is 2. The number of piperazine rings is 1. The summed E-state index contributed by atoms with van der Waals surface area (Å²) in [5.74, 6) is 3.17. The lowest BCUT2D eigenvalue weighted by Crippen LogP contribution is -2.44. The van der Waals surface area contributed by atoms with Crippen molar-refractivity contribution in [1.29, 1.82) is 15.8 Å². The van der Waals surface area contributed by atoms with Gasteiger partial charge in [-0.05, 0) is 187 Å². The number of para-hydroxylation sites is 3. The van der Waals surface area contributed by atoms with Crippen LogP contribution in [0.3, 0.4) is 0 Å². The second-order valence-electron chi connectivity index (χ2n) is 33.5. The number of alkyl halides is 3. The summed E-state index contributed by atoms with van der Waals surface area (Å²) >= 11 is 0. The molecule has 32 heteroatoms. The fraction of sp³-hybridized carbons (Fsp3) is 0.472. The third-order valence-electron chi connectivity index (χ3n) is 23.5. The number of hydrogen-bond acceptors (Lipinski definition) is 27. The molecule has 4 atom stereocenters. The van der Waals surface area contributed by atoms with Crippen molar-refractivity contribution in [3.05, 3.63) is 208 Å². The Morgan fingerprint density at radius 1 is 0.446 bits per heavy atom. The number of anilines is 7. The van der Waals surface area contributed by atoms with E-state index in [2.05, 4.69) is 166 Å².